The molecular weight excluding hydrogens is 450 g/mol. The van der Waals surface area contributed by atoms with E-state index in [0.29, 0.717) is 10.1 Å². The Hall–Kier alpha value is -3.28. The fraction of sp³-hybridized carbons (Fsp3) is 0.111. The maximum absolute atomic E-state index is 12.7. The van der Waals surface area contributed by atoms with Gasteiger partial charge in [-0.15, -0.1) is 0 Å². The molecular formula is C27H22ClN3OS. The minimum atomic E-state index is -0.126. The van der Waals surface area contributed by atoms with Gasteiger partial charge >= 0.3 is 0 Å². The highest BCUT2D eigenvalue weighted by Crippen LogP contribution is 2.32. The highest BCUT2D eigenvalue weighted by molar-refractivity contribution is 8.18. The van der Waals surface area contributed by atoms with Gasteiger partial charge in [0.2, 0.25) is 0 Å². The van der Waals surface area contributed by atoms with Gasteiger partial charge in [0.25, 0.3) is 5.91 Å². The van der Waals surface area contributed by atoms with Crippen LogP contribution in [-0.4, -0.2) is 15.6 Å². The number of carbonyl (C=O) groups excluding carboxylic acids is 1. The van der Waals surface area contributed by atoms with E-state index < -0.39 is 0 Å². The predicted molar refractivity (Wildman–Crippen MR) is 139 cm³/mol. The van der Waals surface area contributed by atoms with Crippen molar-refractivity contribution in [2.24, 2.45) is 4.99 Å². The zero-order valence-corrected chi connectivity index (χ0v) is 19.9. The molecule has 1 fully saturated rings. The van der Waals surface area contributed by atoms with E-state index in [1.807, 2.05) is 61.5 Å². The molecule has 4 nitrogen and oxygen atoms in total. The molecule has 0 bridgehead atoms. The third-order valence-corrected chi connectivity index (χ3v) is 6.98. The van der Waals surface area contributed by atoms with Gasteiger partial charge in [0.05, 0.1) is 10.6 Å². The Bertz CT molecular complexity index is 1430. The predicted octanol–water partition coefficient (Wildman–Crippen LogP) is 6.85. The third kappa shape index (κ3) is 4.47. The summed E-state index contributed by atoms with van der Waals surface area (Å²) in [5.74, 6) is -0.126. The van der Waals surface area contributed by atoms with Gasteiger partial charge in [0.1, 0.15) is 0 Å². The first-order valence-electron chi connectivity index (χ1n) is 10.7. The standard InChI is InChI=1S/C27H22ClN3OS/c1-17-6-5-8-23(18(17)2)29-27-30-26(32)25(33-27)14-20-16-31(24-9-4-3-7-22(20)24)15-19-10-12-21(28)13-11-19/h3-14,16H,15H2,1-2H3,(H,29,30,32)/b25-14-. The first-order chi connectivity index (χ1) is 16.0. The lowest BCUT2D eigenvalue weighted by Gasteiger charge is -2.05. The maximum Gasteiger partial charge on any atom is 0.264 e. The minimum absolute atomic E-state index is 0.126. The molecule has 33 heavy (non-hydrogen) atoms. The maximum atomic E-state index is 12.7. The summed E-state index contributed by atoms with van der Waals surface area (Å²) < 4.78 is 2.20. The van der Waals surface area contributed by atoms with Crippen molar-refractivity contribution in [3.63, 3.8) is 0 Å². The summed E-state index contributed by atoms with van der Waals surface area (Å²) in [5.41, 5.74) is 6.45. The van der Waals surface area contributed by atoms with Crippen molar-refractivity contribution in [3.8, 4) is 0 Å². The van der Waals surface area contributed by atoms with Gasteiger partial charge in [-0.3, -0.25) is 4.79 Å². The molecule has 4 aromatic rings. The number of hydrogen-bond acceptors (Lipinski definition) is 3. The van der Waals surface area contributed by atoms with Crippen molar-refractivity contribution in [3.05, 3.63) is 105 Å². The molecule has 1 N–H and O–H groups in total. The Morgan fingerprint density at radius 2 is 1.82 bits per heavy atom. The van der Waals surface area contributed by atoms with E-state index in [1.165, 1.54) is 17.3 Å². The second-order valence-corrected chi connectivity index (χ2v) is 9.52. The summed E-state index contributed by atoms with van der Waals surface area (Å²) in [6.07, 6.45) is 4.05. The Kier molecular flexibility index (Phi) is 5.83. The van der Waals surface area contributed by atoms with Crippen molar-refractivity contribution < 1.29 is 4.79 Å². The van der Waals surface area contributed by atoms with E-state index in [2.05, 4.69) is 46.2 Å². The quantitative estimate of drug-likeness (QED) is 0.331. The number of aliphatic imine (C=N–C) groups is 1. The normalized spacial score (nSPS) is 16.2. The molecule has 1 saturated heterocycles. The van der Waals surface area contributed by atoms with E-state index in [-0.39, 0.29) is 5.91 Å². The van der Waals surface area contributed by atoms with Gasteiger partial charge < -0.3 is 9.88 Å². The van der Waals surface area contributed by atoms with Crippen LogP contribution in [0, 0.1) is 13.8 Å². The van der Waals surface area contributed by atoms with Gasteiger partial charge in [-0.05, 0) is 72.6 Å². The number of aryl methyl sites for hydroxylation is 1. The molecule has 164 valence electrons. The highest BCUT2D eigenvalue weighted by Gasteiger charge is 2.24. The molecule has 1 amide bonds. The van der Waals surface area contributed by atoms with Crippen molar-refractivity contribution in [2.45, 2.75) is 20.4 Å². The van der Waals surface area contributed by atoms with Gasteiger partial charge in [-0.2, -0.15) is 0 Å². The molecule has 6 heteroatoms. The van der Waals surface area contributed by atoms with Crippen LogP contribution in [0.15, 0.2) is 82.8 Å². The number of rotatable bonds is 4. The fourth-order valence-electron chi connectivity index (χ4n) is 3.90. The number of para-hydroxylation sites is 1. The SMILES string of the molecule is Cc1cccc(N=C2NC(=O)/C(=C/c3cn(Cc4ccc(Cl)cc4)c4ccccc34)S2)c1C. The lowest BCUT2D eigenvalue weighted by molar-refractivity contribution is -0.115. The van der Waals surface area contributed by atoms with Crippen LogP contribution < -0.4 is 5.32 Å². The zero-order valence-electron chi connectivity index (χ0n) is 18.3. The Morgan fingerprint density at radius 1 is 1.03 bits per heavy atom. The molecule has 0 spiro atoms. The molecule has 0 saturated carbocycles. The molecule has 5 rings (SSSR count). The summed E-state index contributed by atoms with van der Waals surface area (Å²) in [4.78, 5) is 18.0. The first-order valence-corrected chi connectivity index (χ1v) is 11.9. The topological polar surface area (TPSA) is 46.4 Å². The molecule has 3 aromatic carbocycles. The van der Waals surface area contributed by atoms with Crippen molar-refractivity contribution in [2.75, 3.05) is 0 Å². The van der Waals surface area contributed by atoms with E-state index in [4.69, 9.17) is 11.6 Å². The summed E-state index contributed by atoms with van der Waals surface area (Å²) >= 11 is 7.41. The lowest BCUT2D eigenvalue weighted by atomic mass is 10.1. The van der Waals surface area contributed by atoms with E-state index in [0.717, 1.165) is 44.8 Å². The van der Waals surface area contributed by atoms with Crippen molar-refractivity contribution >= 4 is 57.1 Å². The molecule has 2 heterocycles. The van der Waals surface area contributed by atoms with Crippen LogP contribution in [0.2, 0.25) is 5.02 Å². The van der Waals surface area contributed by atoms with E-state index >= 15 is 0 Å². The van der Waals surface area contributed by atoms with Crippen LogP contribution in [0.4, 0.5) is 5.69 Å². The Balaban J connectivity index is 1.47. The van der Waals surface area contributed by atoms with Crippen LogP contribution in [0.3, 0.4) is 0 Å². The number of carbonyl (C=O) groups is 1. The average molecular weight is 472 g/mol. The molecule has 0 radical (unpaired) electrons. The van der Waals surface area contributed by atoms with E-state index in [9.17, 15) is 4.79 Å². The van der Waals surface area contributed by atoms with Gasteiger partial charge in [-0.1, -0.05) is 54.1 Å². The smallest absolute Gasteiger partial charge is 0.264 e. The fourth-order valence-corrected chi connectivity index (χ4v) is 4.85. The van der Waals surface area contributed by atoms with Crippen molar-refractivity contribution in [1.82, 2.24) is 9.88 Å². The molecule has 0 atom stereocenters. The average Bonchev–Trinajstić information content (AvgIpc) is 3.33. The number of halogens is 1. The minimum Gasteiger partial charge on any atom is -0.342 e. The van der Waals surface area contributed by atoms with Crippen LogP contribution in [0.1, 0.15) is 22.3 Å². The second-order valence-electron chi connectivity index (χ2n) is 8.06. The molecule has 0 unspecified atom stereocenters. The van der Waals surface area contributed by atoms with Gasteiger partial charge in [-0.25, -0.2) is 4.99 Å². The summed E-state index contributed by atoms with van der Waals surface area (Å²) in [6, 6.07) is 22.1. The van der Waals surface area contributed by atoms with E-state index in [1.54, 1.807) is 0 Å². The summed E-state index contributed by atoms with van der Waals surface area (Å²) in [5, 5.41) is 5.34. The molecule has 1 aliphatic heterocycles. The van der Waals surface area contributed by atoms with Gasteiger partial charge in [0.15, 0.2) is 5.17 Å². The van der Waals surface area contributed by atoms with Crippen molar-refractivity contribution in [1.29, 1.82) is 0 Å². The number of hydrogen-bond donors (Lipinski definition) is 1. The van der Waals surface area contributed by atoms with Crippen LogP contribution in [0.5, 0.6) is 0 Å². The number of nitrogens with one attached hydrogen (secondary N) is 1. The second kappa shape index (κ2) is 8.93. The number of amides is 1. The number of nitrogens with zero attached hydrogens (tertiary/aromatic N) is 2. The van der Waals surface area contributed by atoms with Crippen LogP contribution in [-0.2, 0) is 11.3 Å². The molecule has 1 aliphatic rings. The summed E-state index contributed by atoms with van der Waals surface area (Å²) in [7, 11) is 0. The number of thioether (sulfide) groups is 1. The monoisotopic (exact) mass is 471 g/mol. The highest BCUT2D eigenvalue weighted by atomic mass is 35.5. The number of aromatic nitrogens is 1. The third-order valence-electron chi connectivity index (χ3n) is 5.82. The van der Waals surface area contributed by atoms with Crippen LogP contribution >= 0.6 is 23.4 Å². The first kappa shape index (κ1) is 21.6. The molecule has 0 aliphatic carbocycles. The number of fused-ring (bicyclic) bond motifs is 1. The Morgan fingerprint density at radius 3 is 2.64 bits per heavy atom. The number of amidine groups is 1. The van der Waals surface area contributed by atoms with Crippen LogP contribution in [0.25, 0.3) is 17.0 Å². The zero-order chi connectivity index (χ0) is 22.9. The summed E-state index contributed by atoms with van der Waals surface area (Å²) in [6.45, 7) is 4.83. The Labute approximate surface area is 202 Å². The largest absolute Gasteiger partial charge is 0.342 e. The van der Waals surface area contributed by atoms with Gasteiger partial charge in [0, 0.05) is 34.2 Å². The number of benzene rings is 3. The molecule has 1 aromatic heterocycles. The lowest BCUT2D eigenvalue weighted by Crippen LogP contribution is -2.19.